The summed E-state index contributed by atoms with van der Waals surface area (Å²) in [6.07, 6.45) is 1.81. The Morgan fingerprint density at radius 3 is 2.88 bits per heavy atom. The van der Waals surface area contributed by atoms with E-state index < -0.39 is 0 Å². The van der Waals surface area contributed by atoms with Crippen LogP contribution in [0.3, 0.4) is 0 Å². The molecule has 0 saturated heterocycles. The lowest BCUT2D eigenvalue weighted by Gasteiger charge is -2.18. The number of carbonyl (C=O) groups is 1. The largest absolute Gasteiger partial charge is 0.351 e. The summed E-state index contributed by atoms with van der Waals surface area (Å²) in [5, 5.41) is 6.06. The van der Waals surface area contributed by atoms with E-state index in [2.05, 4.69) is 32.5 Å². The van der Waals surface area contributed by atoms with Gasteiger partial charge in [0.25, 0.3) is 0 Å². The summed E-state index contributed by atoms with van der Waals surface area (Å²) in [6.45, 7) is 1.61. The zero-order valence-corrected chi connectivity index (χ0v) is 16.1. The number of rotatable bonds is 5. The van der Waals surface area contributed by atoms with E-state index in [1.165, 1.54) is 11.3 Å². The van der Waals surface area contributed by atoms with Crippen LogP contribution in [0.1, 0.15) is 16.6 Å². The zero-order chi connectivity index (χ0) is 17.4. The third-order valence-electron chi connectivity index (χ3n) is 3.82. The van der Waals surface area contributed by atoms with E-state index in [1.807, 2.05) is 36.1 Å². The number of hydrogen-bond donors (Lipinski definition) is 1. The SMILES string of the molecule is CC(=O)c1sccc1SN(C)c1cccc2cc(-c3nccs3)[nH]c12. The molecule has 4 nitrogen and oxygen atoms in total. The number of hydrogen-bond acceptors (Lipinski definition) is 6. The molecule has 0 radical (unpaired) electrons. The van der Waals surface area contributed by atoms with Gasteiger partial charge in [-0.25, -0.2) is 4.98 Å². The van der Waals surface area contributed by atoms with E-state index in [0.717, 1.165) is 37.1 Å². The molecule has 0 bridgehead atoms. The van der Waals surface area contributed by atoms with Crippen molar-refractivity contribution in [3.8, 4) is 10.7 Å². The highest BCUT2D eigenvalue weighted by atomic mass is 32.2. The van der Waals surface area contributed by atoms with Crippen LogP contribution in [0.2, 0.25) is 0 Å². The summed E-state index contributed by atoms with van der Waals surface area (Å²) in [4.78, 5) is 21.4. The zero-order valence-electron chi connectivity index (χ0n) is 13.6. The first-order valence-corrected chi connectivity index (χ1v) is 10.2. The van der Waals surface area contributed by atoms with E-state index >= 15 is 0 Å². The molecule has 0 amide bonds. The maximum atomic E-state index is 11.8. The number of aromatic nitrogens is 2. The number of carbonyl (C=O) groups excluding carboxylic acids is 1. The number of thiophene rings is 1. The Labute approximate surface area is 157 Å². The first kappa shape index (κ1) is 16.4. The summed E-state index contributed by atoms with van der Waals surface area (Å²) in [5.74, 6) is 0.107. The van der Waals surface area contributed by atoms with Gasteiger partial charge < -0.3 is 9.29 Å². The minimum Gasteiger partial charge on any atom is -0.351 e. The number of para-hydroxylation sites is 1. The number of H-pyrrole nitrogens is 1. The van der Waals surface area contributed by atoms with Crippen molar-refractivity contribution in [2.75, 3.05) is 11.4 Å². The lowest BCUT2D eigenvalue weighted by atomic mass is 10.2. The van der Waals surface area contributed by atoms with E-state index in [0.29, 0.717) is 0 Å². The topological polar surface area (TPSA) is 49.0 Å². The van der Waals surface area contributed by atoms with Crippen molar-refractivity contribution in [1.29, 1.82) is 0 Å². The van der Waals surface area contributed by atoms with E-state index in [-0.39, 0.29) is 5.78 Å². The lowest BCUT2D eigenvalue weighted by molar-refractivity contribution is 0.101. The Morgan fingerprint density at radius 2 is 2.12 bits per heavy atom. The van der Waals surface area contributed by atoms with Crippen LogP contribution in [0, 0.1) is 0 Å². The van der Waals surface area contributed by atoms with Crippen LogP contribution >= 0.6 is 34.6 Å². The van der Waals surface area contributed by atoms with E-state index in [1.54, 1.807) is 30.2 Å². The van der Waals surface area contributed by atoms with Crippen LogP contribution in [0.25, 0.3) is 21.6 Å². The predicted octanol–water partition coefficient (Wildman–Crippen LogP) is 5.70. The Balaban J connectivity index is 1.71. The molecule has 4 aromatic rings. The van der Waals surface area contributed by atoms with Gasteiger partial charge in [-0.1, -0.05) is 12.1 Å². The molecule has 3 aromatic heterocycles. The number of nitrogens with one attached hydrogen (secondary N) is 1. The van der Waals surface area contributed by atoms with Crippen molar-refractivity contribution < 1.29 is 4.79 Å². The molecule has 0 fully saturated rings. The molecule has 4 rings (SSSR count). The molecule has 0 saturated carbocycles. The molecule has 1 aromatic carbocycles. The Bertz CT molecular complexity index is 1030. The molecule has 0 atom stereocenters. The first-order chi connectivity index (χ1) is 12.1. The number of nitrogens with zero attached hydrogens (tertiary/aromatic N) is 2. The van der Waals surface area contributed by atoms with Gasteiger partial charge >= 0.3 is 0 Å². The van der Waals surface area contributed by atoms with Crippen LogP contribution in [-0.2, 0) is 0 Å². The van der Waals surface area contributed by atoms with Gasteiger partial charge in [0, 0.05) is 24.0 Å². The average Bonchev–Trinajstić information content (AvgIpc) is 3.33. The van der Waals surface area contributed by atoms with Gasteiger partial charge in [-0.15, -0.1) is 22.7 Å². The smallest absolute Gasteiger partial charge is 0.170 e. The second-order valence-electron chi connectivity index (χ2n) is 5.52. The minimum atomic E-state index is 0.107. The van der Waals surface area contributed by atoms with Crippen molar-refractivity contribution in [3.05, 3.63) is 52.2 Å². The molecule has 3 heterocycles. The maximum Gasteiger partial charge on any atom is 0.170 e. The second kappa shape index (κ2) is 6.67. The van der Waals surface area contributed by atoms with Gasteiger partial charge in [-0.3, -0.25) is 4.79 Å². The normalized spacial score (nSPS) is 11.1. The number of ketones is 1. The van der Waals surface area contributed by atoms with Gasteiger partial charge in [0.1, 0.15) is 5.01 Å². The van der Waals surface area contributed by atoms with Crippen LogP contribution < -0.4 is 4.31 Å². The summed E-state index contributed by atoms with van der Waals surface area (Å²) < 4.78 is 2.10. The molecule has 0 aliphatic carbocycles. The summed E-state index contributed by atoms with van der Waals surface area (Å²) in [6, 6.07) is 10.3. The van der Waals surface area contributed by atoms with Gasteiger partial charge in [0.2, 0.25) is 0 Å². The van der Waals surface area contributed by atoms with Crippen molar-refractivity contribution >= 4 is 57.0 Å². The Morgan fingerprint density at radius 1 is 1.24 bits per heavy atom. The van der Waals surface area contributed by atoms with Crippen LogP contribution in [0.5, 0.6) is 0 Å². The summed E-state index contributed by atoms with van der Waals surface area (Å²) in [5.41, 5.74) is 3.17. The Hall–Kier alpha value is -2.09. The van der Waals surface area contributed by atoms with Gasteiger partial charge in [-0.2, -0.15) is 0 Å². The number of anilines is 1. The predicted molar refractivity (Wildman–Crippen MR) is 108 cm³/mol. The highest BCUT2D eigenvalue weighted by Gasteiger charge is 2.15. The fraction of sp³-hybridized carbons (Fsp3) is 0.111. The lowest BCUT2D eigenvalue weighted by Crippen LogP contribution is -2.07. The summed E-state index contributed by atoms with van der Waals surface area (Å²) in [7, 11) is 2.02. The number of thiazole rings is 1. The van der Waals surface area contributed by atoms with Crippen molar-refractivity contribution in [1.82, 2.24) is 9.97 Å². The third-order valence-corrected chi connectivity index (χ3v) is 6.78. The second-order valence-corrected chi connectivity index (χ2v) is 8.50. The monoisotopic (exact) mass is 385 g/mol. The molecule has 126 valence electrons. The highest BCUT2D eigenvalue weighted by molar-refractivity contribution is 8.00. The van der Waals surface area contributed by atoms with Gasteiger partial charge in [0.05, 0.1) is 26.7 Å². The molecular formula is C18H15N3OS3. The molecule has 1 N–H and O–H groups in total. The highest BCUT2D eigenvalue weighted by Crippen LogP contribution is 2.37. The van der Waals surface area contributed by atoms with Crippen molar-refractivity contribution in [2.24, 2.45) is 0 Å². The van der Waals surface area contributed by atoms with Crippen LogP contribution in [0.15, 0.2) is 52.2 Å². The molecular weight excluding hydrogens is 370 g/mol. The van der Waals surface area contributed by atoms with Crippen molar-refractivity contribution in [3.63, 3.8) is 0 Å². The molecule has 25 heavy (non-hydrogen) atoms. The van der Waals surface area contributed by atoms with E-state index in [4.69, 9.17) is 0 Å². The maximum absolute atomic E-state index is 11.8. The van der Waals surface area contributed by atoms with Gasteiger partial charge in [-0.05, 0) is 42.5 Å². The van der Waals surface area contributed by atoms with Gasteiger partial charge in [0.15, 0.2) is 5.78 Å². The quantitative estimate of drug-likeness (QED) is 0.354. The fourth-order valence-corrected chi connectivity index (χ4v) is 5.24. The van der Waals surface area contributed by atoms with Crippen molar-refractivity contribution in [2.45, 2.75) is 11.8 Å². The molecule has 0 aliphatic heterocycles. The molecule has 0 unspecified atom stereocenters. The van der Waals surface area contributed by atoms with Crippen LogP contribution in [-0.4, -0.2) is 22.8 Å². The molecule has 0 aliphatic rings. The Kier molecular flexibility index (Phi) is 4.37. The van der Waals surface area contributed by atoms with Crippen LogP contribution in [0.4, 0.5) is 5.69 Å². The molecule has 0 spiro atoms. The summed E-state index contributed by atoms with van der Waals surface area (Å²) >= 11 is 4.68. The molecule has 7 heteroatoms. The number of Topliss-reactive ketones (excluding diaryl/α,β-unsaturated/α-hetero) is 1. The first-order valence-electron chi connectivity index (χ1n) is 7.65. The standard InChI is InChI=1S/C18H15N3OS3/c1-11(22)17-15(6-8-23-17)25-21(2)14-5-3-4-12-10-13(20-16(12)14)18-19-7-9-24-18/h3-10,20H,1-2H3. The number of fused-ring (bicyclic) bond motifs is 1. The van der Waals surface area contributed by atoms with E-state index in [9.17, 15) is 4.79 Å². The number of benzene rings is 1. The average molecular weight is 386 g/mol. The number of aromatic amines is 1. The fourth-order valence-electron chi connectivity index (χ4n) is 2.70. The minimum absolute atomic E-state index is 0.107. The third kappa shape index (κ3) is 3.10.